The number of aryl methyl sites for hydroxylation is 1. The maximum absolute atomic E-state index is 12.7. The molecule has 0 bridgehead atoms. The van der Waals surface area contributed by atoms with Crippen LogP contribution >= 0.6 is 11.3 Å². The zero-order valence-electron chi connectivity index (χ0n) is 15.9. The molecule has 0 aliphatic carbocycles. The second-order valence-corrected chi connectivity index (χ2v) is 7.71. The predicted octanol–water partition coefficient (Wildman–Crippen LogP) is 2.38. The van der Waals surface area contributed by atoms with Crippen LogP contribution in [0.4, 0.5) is 0 Å². The standard InChI is InChI=1S/C21H18N4O3S/c1-13-5-7-15(8-6-13)25-18-17(20(27)24(2)21(25)28)10-14(11-22-18)19(26)23-12-16-4-3-9-29-16/h3-11H,12H2,1-2H3,(H,23,26). The number of pyridine rings is 1. The topological polar surface area (TPSA) is 86.0 Å². The highest BCUT2D eigenvalue weighted by atomic mass is 32.1. The summed E-state index contributed by atoms with van der Waals surface area (Å²) in [4.78, 5) is 43.3. The van der Waals surface area contributed by atoms with Crippen molar-refractivity contribution >= 4 is 28.3 Å². The molecule has 146 valence electrons. The number of nitrogens with zero attached hydrogens (tertiary/aromatic N) is 3. The van der Waals surface area contributed by atoms with E-state index in [-0.39, 0.29) is 22.5 Å². The maximum atomic E-state index is 12.7. The van der Waals surface area contributed by atoms with E-state index in [1.54, 1.807) is 23.5 Å². The van der Waals surface area contributed by atoms with Crippen LogP contribution in [0, 0.1) is 6.92 Å². The van der Waals surface area contributed by atoms with Gasteiger partial charge in [-0.2, -0.15) is 0 Å². The lowest BCUT2D eigenvalue weighted by Gasteiger charge is -2.12. The van der Waals surface area contributed by atoms with Gasteiger partial charge < -0.3 is 5.32 Å². The van der Waals surface area contributed by atoms with Gasteiger partial charge in [-0.3, -0.25) is 14.2 Å². The third-order valence-corrected chi connectivity index (χ3v) is 5.53. The van der Waals surface area contributed by atoms with Crippen LogP contribution in [-0.4, -0.2) is 20.0 Å². The van der Waals surface area contributed by atoms with Gasteiger partial charge in [0.25, 0.3) is 11.5 Å². The molecule has 29 heavy (non-hydrogen) atoms. The fraction of sp³-hybridized carbons (Fsp3) is 0.143. The van der Waals surface area contributed by atoms with Crippen molar-refractivity contribution in [1.82, 2.24) is 19.4 Å². The van der Waals surface area contributed by atoms with E-state index in [1.807, 2.05) is 36.6 Å². The molecule has 0 spiro atoms. The van der Waals surface area contributed by atoms with Crippen molar-refractivity contribution in [3.63, 3.8) is 0 Å². The molecule has 0 atom stereocenters. The number of amides is 1. The first-order chi connectivity index (χ1) is 14.0. The van der Waals surface area contributed by atoms with Gasteiger partial charge >= 0.3 is 5.69 Å². The van der Waals surface area contributed by atoms with Gasteiger partial charge in [-0.05, 0) is 36.6 Å². The summed E-state index contributed by atoms with van der Waals surface area (Å²) in [5.74, 6) is -0.331. The number of hydrogen-bond donors (Lipinski definition) is 1. The molecule has 0 saturated carbocycles. The average molecular weight is 406 g/mol. The second-order valence-electron chi connectivity index (χ2n) is 6.67. The lowest BCUT2D eigenvalue weighted by Crippen LogP contribution is -2.38. The number of thiophene rings is 1. The van der Waals surface area contributed by atoms with Crippen LogP contribution in [0.25, 0.3) is 16.7 Å². The van der Waals surface area contributed by atoms with Crippen molar-refractivity contribution in [3.05, 3.63) is 90.9 Å². The molecular formula is C21H18N4O3S. The van der Waals surface area contributed by atoms with Gasteiger partial charge in [0.05, 0.1) is 23.2 Å². The van der Waals surface area contributed by atoms with Crippen LogP contribution in [-0.2, 0) is 13.6 Å². The fourth-order valence-corrected chi connectivity index (χ4v) is 3.68. The fourth-order valence-electron chi connectivity index (χ4n) is 3.03. The Bertz CT molecular complexity index is 1320. The number of carbonyl (C=O) groups is 1. The number of nitrogens with one attached hydrogen (secondary N) is 1. The molecule has 1 aromatic carbocycles. The van der Waals surface area contributed by atoms with E-state index in [4.69, 9.17) is 0 Å². The summed E-state index contributed by atoms with van der Waals surface area (Å²) in [5, 5.41) is 4.96. The van der Waals surface area contributed by atoms with Crippen molar-refractivity contribution in [3.8, 4) is 5.69 Å². The first-order valence-electron chi connectivity index (χ1n) is 8.95. The third-order valence-electron chi connectivity index (χ3n) is 4.65. The summed E-state index contributed by atoms with van der Waals surface area (Å²) in [6, 6.07) is 12.7. The van der Waals surface area contributed by atoms with Gasteiger partial charge in [-0.1, -0.05) is 23.8 Å². The molecule has 8 heteroatoms. The van der Waals surface area contributed by atoms with E-state index in [9.17, 15) is 14.4 Å². The van der Waals surface area contributed by atoms with Crippen molar-refractivity contribution in [2.45, 2.75) is 13.5 Å². The quantitative estimate of drug-likeness (QED) is 0.564. The number of rotatable bonds is 4. The van der Waals surface area contributed by atoms with Crippen molar-refractivity contribution < 1.29 is 4.79 Å². The van der Waals surface area contributed by atoms with Gasteiger partial charge in [0.1, 0.15) is 0 Å². The molecule has 1 N–H and O–H groups in total. The minimum atomic E-state index is -0.492. The van der Waals surface area contributed by atoms with Gasteiger partial charge in [-0.25, -0.2) is 14.3 Å². The monoisotopic (exact) mass is 406 g/mol. The molecule has 0 unspecified atom stereocenters. The first kappa shape index (κ1) is 18.8. The number of aromatic nitrogens is 3. The highest BCUT2D eigenvalue weighted by Crippen LogP contribution is 2.15. The largest absolute Gasteiger partial charge is 0.347 e. The molecule has 0 aliphatic rings. The second kappa shape index (κ2) is 7.48. The Hall–Kier alpha value is -3.52. The normalized spacial score (nSPS) is 11.0. The molecule has 3 heterocycles. The van der Waals surface area contributed by atoms with Gasteiger partial charge in [-0.15, -0.1) is 11.3 Å². The van der Waals surface area contributed by atoms with Gasteiger partial charge in [0.2, 0.25) is 0 Å². The predicted molar refractivity (Wildman–Crippen MR) is 113 cm³/mol. The molecule has 7 nitrogen and oxygen atoms in total. The van der Waals surface area contributed by atoms with E-state index in [1.165, 1.54) is 23.9 Å². The zero-order valence-corrected chi connectivity index (χ0v) is 16.7. The smallest absolute Gasteiger partial charge is 0.337 e. The van der Waals surface area contributed by atoms with Gasteiger partial charge in [0, 0.05) is 18.1 Å². The highest BCUT2D eigenvalue weighted by Gasteiger charge is 2.16. The van der Waals surface area contributed by atoms with Crippen LogP contribution < -0.4 is 16.6 Å². The van der Waals surface area contributed by atoms with Crippen LogP contribution in [0.15, 0.2) is 63.6 Å². The summed E-state index contributed by atoms with van der Waals surface area (Å²) in [5.41, 5.74) is 1.15. The van der Waals surface area contributed by atoms with Crippen molar-refractivity contribution in [1.29, 1.82) is 0 Å². The van der Waals surface area contributed by atoms with Crippen LogP contribution in [0.2, 0.25) is 0 Å². The zero-order chi connectivity index (χ0) is 20.5. The molecule has 0 radical (unpaired) electrons. The van der Waals surface area contributed by atoms with E-state index in [2.05, 4.69) is 10.3 Å². The molecule has 4 aromatic rings. The minimum absolute atomic E-state index is 0.205. The summed E-state index contributed by atoms with van der Waals surface area (Å²) in [7, 11) is 1.42. The number of hydrogen-bond acceptors (Lipinski definition) is 5. The lowest BCUT2D eigenvalue weighted by atomic mass is 10.2. The maximum Gasteiger partial charge on any atom is 0.337 e. The summed E-state index contributed by atoms with van der Waals surface area (Å²) in [6.07, 6.45) is 1.38. The number of carbonyl (C=O) groups excluding carboxylic acids is 1. The Morgan fingerprint density at radius 2 is 1.93 bits per heavy atom. The van der Waals surface area contributed by atoms with E-state index in [0.29, 0.717) is 12.2 Å². The summed E-state index contributed by atoms with van der Waals surface area (Å²) < 4.78 is 2.40. The van der Waals surface area contributed by atoms with Gasteiger partial charge in [0.15, 0.2) is 5.65 Å². The van der Waals surface area contributed by atoms with E-state index < -0.39 is 11.2 Å². The summed E-state index contributed by atoms with van der Waals surface area (Å²) in [6.45, 7) is 2.35. The molecule has 0 saturated heterocycles. The van der Waals surface area contributed by atoms with Crippen molar-refractivity contribution in [2.75, 3.05) is 0 Å². The summed E-state index contributed by atoms with van der Waals surface area (Å²) >= 11 is 1.55. The number of fused-ring (bicyclic) bond motifs is 1. The molecule has 0 aliphatic heterocycles. The van der Waals surface area contributed by atoms with Crippen molar-refractivity contribution in [2.24, 2.45) is 7.05 Å². The Kier molecular flexibility index (Phi) is 4.85. The molecule has 0 fully saturated rings. The Labute approximate surface area is 169 Å². The third kappa shape index (κ3) is 3.50. The SMILES string of the molecule is Cc1ccc(-n2c(=O)n(C)c(=O)c3cc(C(=O)NCc4cccs4)cnc32)cc1. The first-order valence-corrected chi connectivity index (χ1v) is 9.83. The Balaban J connectivity index is 1.80. The lowest BCUT2D eigenvalue weighted by molar-refractivity contribution is 0.0951. The van der Waals surface area contributed by atoms with Crippen LogP contribution in [0.5, 0.6) is 0 Å². The average Bonchev–Trinajstić information content (AvgIpc) is 3.25. The van der Waals surface area contributed by atoms with Crippen LogP contribution in [0.3, 0.4) is 0 Å². The van der Waals surface area contributed by atoms with E-state index >= 15 is 0 Å². The highest BCUT2D eigenvalue weighted by molar-refractivity contribution is 7.09. The molecule has 4 rings (SSSR count). The minimum Gasteiger partial charge on any atom is -0.347 e. The molecule has 3 aromatic heterocycles. The Morgan fingerprint density at radius 3 is 2.62 bits per heavy atom. The molecule has 1 amide bonds. The number of benzene rings is 1. The van der Waals surface area contributed by atoms with E-state index in [0.717, 1.165) is 15.0 Å². The Morgan fingerprint density at radius 1 is 1.17 bits per heavy atom. The van der Waals surface area contributed by atoms with Crippen LogP contribution in [0.1, 0.15) is 20.8 Å². The molecular weight excluding hydrogens is 388 g/mol.